The third-order valence-electron chi connectivity index (χ3n) is 5.65. The van der Waals surface area contributed by atoms with Crippen molar-refractivity contribution < 1.29 is 18.3 Å². The number of fused-ring (bicyclic) bond motifs is 3. The Balaban J connectivity index is 1.66. The predicted octanol–water partition coefficient (Wildman–Crippen LogP) is 1.66. The van der Waals surface area contributed by atoms with E-state index in [1.54, 1.807) is 0 Å². The van der Waals surface area contributed by atoms with E-state index in [2.05, 4.69) is 14.8 Å². The molecule has 2 N–H and O–H groups in total. The Bertz CT molecular complexity index is 922. The number of nitrogen functional groups attached to an aromatic ring is 1. The Morgan fingerprint density at radius 1 is 1.07 bits per heavy atom. The first kappa shape index (κ1) is 18.4. The molecular weight excluding hydrogens is 382 g/mol. The molecule has 2 aromatic heterocycles. The summed E-state index contributed by atoms with van der Waals surface area (Å²) in [5.41, 5.74) is 6.69. The zero-order chi connectivity index (χ0) is 20.0. The summed E-state index contributed by atoms with van der Waals surface area (Å²) in [6.07, 6.45) is -0.577. The van der Waals surface area contributed by atoms with Crippen LogP contribution in [-0.2, 0) is 15.9 Å². The van der Waals surface area contributed by atoms with E-state index in [1.807, 2.05) is 0 Å². The second kappa shape index (κ2) is 7.34. The Labute approximate surface area is 166 Å². The Kier molecular flexibility index (Phi) is 4.67. The fourth-order valence-corrected chi connectivity index (χ4v) is 4.23. The molecule has 0 bridgehead atoms. The van der Waals surface area contributed by atoms with Crippen LogP contribution >= 0.6 is 0 Å². The van der Waals surface area contributed by atoms with Gasteiger partial charge >= 0.3 is 0 Å². The number of nitrogens with zero attached hydrogens (tertiary/aromatic N) is 5. The largest absolute Gasteiger partial charge is 0.384 e. The lowest BCUT2D eigenvalue weighted by Gasteiger charge is -2.31. The van der Waals surface area contributed by atoms with Crippen molar-refractivity contribution in [3.63, 3.8) is 0 Å². The number of anilines is 3. The molecule has 8 nitrogen and oxygen atoms in total. The Morgan fingerprint density at radius 2 is 1.83 bits per heavy atom. The molecule has 0 aromatic carbocycles. The maximum Gasteiger partial charge on any atom is 0.264 e. The van der Waals surface area contributed by atoms with Crippen molar-refractivity contribution in [1.82, 2.24) is 15.0 Å². The monoisotopic (exact) mass is 404 g/mol. The summed E-state index contributed by atoms with van der Waals surface area (Å²) in [4.78, 5) is 17.8. The molecule has 0 amide bonds. The summed E-state index contributed by atoms with van der Waals surface area (Å²) in [6.45, 7) is 4.58. The quantitative estimate of drug-likeness (QED) is 0.826. The number of pyridine rings is 1. The van der Waals surface area contributed by atoms with E-state index in [-0.39, 0.29) is 28.8 Å². The summed E-state index contributed by atoms with van der Waals surface area (Å²) in [5, 5.41) is 0. The minimum atomic E-state index is -2.70. The van der Waals surface area contributed by atoms with Crippen molar-refractivity contribution in [1.29, 1.82) is 0 Å². The first-order valence-corrected chi connectivity index (χ1v) is 9.73. The number of nitrogens with two attached hydrogens (primary N) is 1. The van der Waals surface area contributed by atoms with Crippen LogP contribution in [0, 0.1) is 0 Å². The average Bonchev–Trinajstić information content (AvgIpc) is 3.12. The molecular formula is C19H22F2N6O2. The molecule has 0 saturated carbocycles. The zero-order valence-electron chi connectivity index (χ0n) is 15.9. The Hall–Kier alpha value is -2.59. The number of hydrogen-bond acceptors (Lipinski definition) is 8. The number of alkyl halides is 2. The number of rotatable bonds is 3. The van der Waals surface area contributed by atoms with E-state index in [9.17, 15) is 8.78 Å². The van der Waals surface area contributed by atoms with Gasteiger partial charge in [0, 0.05) is 48.9 Å². The number of hydrogen-bond donors (Lipinski definition) is 1. The normalized spacial score (nSPS) is 21.4. The van der Waals surface area contributed by atoms with Crippen LogP contribution in [-0.4, -0.2) is 67.1 Å². The van der Waals surface area contributed by atoms with Gasteiger partial charge in [-0.1, -0.05) is 0 Å². The molecule has 1 atom stereocenters. The molecule has 2 saturated heterocycles. The SMILES string of the molecule is Nc1cc(C(F)F)c(-c2nc(N3CCOCC3)c3c(n2)N2CCOCC2C3)cn1. The van der Waals surface area contributed by atoms with E-state index >= 15 is 0 Å². The van der Waals surface area contributed by atoms with Gasteiger partial charge < -0.3 is 25.0 Å². The minimum absolute atomic E-state index is 0.0480. The second-order valence-corrected chi connectivity index (χ2v) is 7.40. The van der Waals surface area contributed by atoms with Crippen molar-refractivity contribution in [2.45, 2.75) is 18.9 Å². The van der Waals surface area contributed by atoms with Gasteiger partial charge in [-0.2, -0.15) is 0 Å². The standard InChI is InChI=1S/C19H22F2N6O2/c20-16(21)12-8-15(22)23-9-14(12)17-24-18(26-1-4-28-5-2-26)13-7-11-10-29-6-3-27(11)19(13)25-17/h8-9,11,16H,1-7,10H2,(H2,22,23). The number of ether oxygens (including phenoxy) is 2. The number of aromatic nitrogens is 3. The molecule has 0 spiro atoms. The highest BCUT2D eigenvalue weighted by atomic mass is 19.3. The van der Waals surface area contributed by atoms with Crippen molar-refractivity contribution in [2.75, 3.05) is 61.6 Å². The van der Waals surface area contributed by atoms with Crippen LogP contribution in [0.2, 0.25) is 0 Å². The Morgan fingerprint density at radius 3 is 2.62 bits per heavy atom. The van der Waals surface area contributed by atoms with Crippen molar-refractivity contribution >= 4 is 17.5 Å². The molecule has 5 rings (SSSR count). The van der Waals surface area contributed by atoms with Crippen LogP contribution in [0.1, 0.15) is 17.6 Å². The molecule has 10 heteroatoms. The van der Waals surface area contributed by atoms with Gasteiger partial charge in [0.1, 0.15) is 17.5 Å². The third-order valence-corrected chi connectivity index (χ3v) is 5.65. The lowest BCUT2D eigenvalue weighted by molar-refractivity contribution is 0.0973. The fourth-order valence-electron chi connectivity index (χ4n) is 4.23. The van der Waals surface area contributed by atoms with Gasteiger partial charge in [0.15, 0.2) is 5.82 Å². The van der Waals surface area contributed by atoms with Crippen LogP contribution in [0.5, 0.6) is 0 Å². The van der Waals surface area contributed by atoms with Gasteiger partial charge in [-0.25, -0.2) is 23.7 Å². The van der Waals surface area contributed by atoms with Gasteiger partial charge in [0.25, 0.3) is 6.43 Å². The lowest BCUT2D eigenvalue weighted by Crippen LogP contribution is -2.43. The predicted molar refractivity (Wildman–Crippen MR) is 103 cm³/mol. The third kappa shape index (κ3) is 3.25. The van der Waals surface area contributed by atoms with E-state index in [4.69, 9.17) is 25.2 Å². The van der Waals surface area contributed by atoms with Gasteiger partial charge in [0.2, 0.25) is 0 Å². The summed E-state index contributed by atoms with van der Waals surface area (Å²) in [7, 11) is 0. The molecule has 2 aromatic rings. The molecule has 0 aliphatic carbocycles. The number of halogens is 2. The molecule has 1 unspecified atom stereocenters. The van der Waals surface area contributed by atoms with E-state index < -0.39 is 6.43 Å². The van der Waals surface area contributed by atoms with E-state index in [1.165, 1.54) is 12.3 Å². The van der Waals surface area contributed by atoms with Crippen LogP contribution in [0.4, 0.5) is 26.2 Å². The van der Waals surface area contributed by atoms with Gasteiger partial charge in [-0.3, -0.25) is 0 Å². The number of morpholine rings is 2. The molecule has 5 heterocycles. The van der Waals surface area contributed by atoms with Crippen molar-refractivity contribution in [3.8, 4) is 11.4 Å². The highest BCUT2D eigenvalue weighted by Gasteiger charge is 2.37. The van der Waals surface area contributed by atoms with Gasteiger partial charge in [-0.15, -0.1) is 0 Å². The van der Waals surface area contributed by atoms with Crippen LogP contribution in [0.3, 0.4) is 0 Å². The smallest absolute Gasteiger partial charge is 0.264 e. The first-order chi connectivity index (χ1) is 14.1. The summed E-state index contributed by atoms with van der Waals surface area (Å²) >= 11 is 0. The molecule has 154 valence electrons. The van der Waals surface area contributed by atoms with Crippen LogP contribution in [0.25, 0.3) is 11.4 Å². The minimum Gasteiger partial charge on any atom is -0.384 e. The van der Waals surface area contributed by atoms with Crippen LogP contribution < -0.4 is 15.5 Å². The van der Waals surface area contributed by atoms with Gasteiger partial charge in [-0.05, 0) is 6.07 Å². The summed E-state index contributed by atoms with van der Waals surface area (Å²) < 4.78 is 38.5. The lowest BCUT2D eigenvalue weighted by atomic mass is 10.1. The first-order valence-electron chi connectivity index (χ1n) is 9.73. The zero-order valence-corrected chi connectivity index (χ0v) is 15.9. The van der Waals surface area contributed by atoms with Crippen molar-refractivity contribution in [3.05, 3.63) is 23.4 Å². The van der Waals surface area contributed by atoms with Crippen molar-refractivity contribution in [2.24, 2.45) is 0 Å². The van der Waals surface area contributed by atoms with E-state index in [0.29, 0.717) is 39.5 Å². The van der Waals surface area contributed by atoms with Gasteiger partial charge in [0.05, 0.1) is 32.5 Å². The molecule has 29 heavy (non-hydrogen) atoms. The van der Waals surface area contributed by atoms with E-state index in [0.717, 1.165) is 30.2 Å². The highest BCUT2D eigenvalue weighted by molar-refractivity contribution is 5.72. The summed E-state index contributed by atoms with van der Waals surface area (Å²) in [5.74, 6) is 1.90. The van der Waals surface area contributed by atoms with Crippen LogP contribution in [0.15, 0.2) is 12.3 Å². The average molecular weight is 404 g/mol. The second-order valence-electron chi connectivity index (χ2n) is 7.40. The molecule has 3 aliphatic heterocycles. The summed E-state index contributed by atoms with van der Waals surface area (Å²) in [6, 6.07) is 1.39. The maximum absolute atomic E-state index is 13.7. The molecule has 0 radical (unpaired) electrons. The topological polar surface area (TPSA) is 89.6 Å². The molecule has 2 fully saturated rings. The maximum atomic E-state index is 13.7. The fraction of sp³-hybridized carbons (Fsp3) is 0.526. The molecule has 3 aliphatic rings. The highest BCUT2D eigenvalue weighted by Crippen LogP contribution is 2.40.